The Bertz CT molecular complexity index is 455. The van der Waals surface area contributed by atoms with E-state index in [1.165, 1.54) is 0 Å². The lowest BCUT2D eigenvalue weighted by molar-refractivity contribution is 0.259. The highest BCUT2D eigenvalue weighted by Gasteiger charge is 2.15. The monoisotopic (exact) mass is 305 g/mol. The van der Waals surface area contributed by atoms with Gasteiger partial charge >= 0.3 is 0 Å². The summed E-state index contributed by atoms with van der Waals surface area (Å²) in [6.07, 6.45) is 0. The SMILES string of the molecule is C=CS(=O)(=O)NC(CO)c1ccc(Br)cc1. The Morgan fingerprint density at radius 3 is 2.44 bits per heavy atom. The molecule has 0 bridgehead atoms. The van der Waals surface area contributed by atoms with Gasteiger partial charge in [0.15, 0.2) is 0 Å². The molecule has 0 saturated carbocycles. The minimum atomic E-state index is -3.55. The van der Waals surface area contributed by atoms with Crippen molar-refractivity contribution in [2.75, 3.05) is 6.61 Å². The number of aliphatic hydroxyl groups is 1. The number of aliphatic hydroxyl groups excluding tert-OH is 1. The Balaban J connectivity index is 2.91. The first-order valence-electron chi connectivity index (χ1n) is 4.49. The van der Waals surface area contributed by atoms with E-state index in [2.05, 4.69) is 27.2 Å². The van der Waals surface area contributed by atoms with Crippen molar-refractivity contribution in [2.45, 2.75) is 6.04 Å². The lowest BCUT2D eigenvalue weighted by Crippen LogP contribution is -2.29. The van der Waals surface area contributed by atoms with Crippen molar-refractivity contribution in [1.82, 2.24) is 4.72 Å². The molecule has 0 spiro atoms. The van der Waals surface area contributed by atoms with Gasteiger partial charge in [0.25, 0.3) is 0 Å². The minimum absolute atomic E-state index is 0.311. The fraction of sp³-hybridized carbons (Fsp3) is 0.200. The van der Waals surface area contributed by atoms with Crippen LogP contribution in [-0.2, 0) is 10.0 Å². The maximum absolute atomic E-state index is 11.3. The van der Waals surface area contributed by atoms with E-state index in [9.17, 15) is 8.42 Å². The predicted molar refractivity (Wildman–Crippen MR) is 66.2 cm³/mol. The predicted octanol–water partition coefficient (Wildman–Crippen LogP) is 1.55. The molecule has 0 aliphatic rings. The van der Waals surface area contributed by atoms with Gasteiger partial charge in [-0.2, -0.15) is 0 Å². The molecule has 2 N–H and O–H groups in total. The highest BCUT2D eigenvalue weighted by Crippen LogP contribution is 2.17. The first kappa shape index (κ1) is 13.4. The van der Waals surface area contributed by atoms with E-state index >= 15 is 0 Å². The maximum atomic E-state index is 11.3. The summed E-state index contributed by atoms with van der Waals surface area (Å²) in [4.78, 5) is 0. The Kier molecular flexibility index (Phi) is 4.67. The van der Waals surface area contributed by atoms with E-state index in [0.717, 1.165) is 9.88 Å². The molecule has 0 aromatic heterocycles. The van der Waals surface area contributed by atoms with Crippen LogP contribution in [0.4, 0.5) is 0 Å². The van der Waals surface area contributed by atoms with Crippen molar-refractivity contribution < 1.29 is 13.5 Å². The molecule has 4 nitrogen and oxygen atoms in total. The van der Waals surface area contributed by atoms with Crippen LogP contribution >= 0.6 is 15.9 Å². The van der Waals surface area contributed by atoms with Gasteiger partial charge in [0, 0.05) is 9.88 Å². The van der Waals surface area contributed by atoms with E-state index in [4.69, 9.17) is 5.11 Å². The average molecular weight is 306 g/mol. The Hall–Kier alpha value is -0.690. The summed E-state index contributed by atoms with van der Waals surface area (Å²) in [5.41, 5.74) is 0.691. The largest absolute Gasteiger partial charge is 0.394 e. The van der Waals surface area contributed by atoms with Gasteiger partial charge in [0.1, 0.15) is 0 Å². The van der Waals surface area contributed by atoms with Crippen LogP contribution < -0.4 is 4.72 Å². The van der Waals surface area contributed by atoms with E-state index in [0.29, 0.717) is 5.56 Å². The van der Waals surface area contributed by atoms with E-state index in [1.807, 2.05) is 0 Å². The molecule has 0 amide bonds. The van der Waals surface area contributed by atoms with Gasteiger partial charge in [-0.25, -0.2) is 13.1 Å². The molecule has 1 atom stereocenters. The average Bonchev–Trinajstić information content (AvgIpc) is 2.27. The van der Waals surface area contributed by atoms with Gasteiger partial charge in [-0.3, -0.25) is 0 Å². The van der Waals surface area contributed by atoms with Gasteiger partial charge in [-0.1, -0.05) is 34.6 Å². The first-order valence-corrected chi connectivity index (χ1v) is 6.83. The van der Waals surface area contributed by atoms with Crippen molar-refractivity contribution in [2.24, 2.45) is 0 Å². The van der Waals surface area contributed by atoms with Crippen molar-refractivity contribution >= 4 is 26.0 Å². The number of hydrogen-bond acceptors (Lipinski definition) is 3. The van der Waals surface area contributed by atoms with Crippen LogP contribution in [0.5, 0.6) is 0 Å². The van der Waals surface area contributed by atoms with Gasteiger partial charge in [0.2, 0.25) is 10.0 Å². The zero-order valence-electron chi connectivity index (χ0n) is 8.43. The van der Waals surface area contributed by atoms with Crippen LogP contribution in [0.25, 0.3) is 0 Å². The summed E-state index contributed by atoms with van der Waals surface area (Å²) < 4.78 is 25.7. The van der Waals surface area contributed by atoms with Crippen LogP contribution in [0.15, 0.2) is 40.7 Å². The molecule has 6 heteroatoms. The second-order valence-corrected chi connectivity index (χ2v) is 5.69. The minimum Gasteiger partial charge on any atom is -0.394 e. The number of sulfonamides is 1. The Morgan fingerprint density at radius 1 is 1.44 bits per heavy atom. The molecule has 88 valence electrons. The Morgan fingerprint density at radius 2 is 2.00 bits per heavy atom. The van der Waals surface area contributed by atoms with Crippen molar-refractivity contribution in [1.29, 1.82) is 0 Å². The smallest absolute Gasteiger partial charge is 0.233 e. The van der Waals surface area contributed by atoms with Gasteiger partial charge < -0.3 is 5.11 Å². The third kappa shape index (κ3) is 3.71. The van der Waals surface area contributed by atoms with E-state index < -0.39 is 16.1 Å². The quantitative estimate of drug-likeness (QED) is 0.867. The first-order chi connectivity index (χ1) is 7.48. The van der Waals surface area contributed by atoms with E-state index in [1.54, 1.807) is 24.3 Å². The summed E-state index contributed by atoms with van der Waals surface area (Å²) >= 11 is 3.27. The third-order valence-electron chi connectivity index (χ3n) is 1.98. The van der Waals surface area contributed by atoms with Crippen LogP contribution in [-0.4, -0.2) is 20.1 Å². The maximum Gasteiger partial charge on any atom is 0.233 e. The van der Waals surface area contributed by atoms with Gasteiger partial charge in [0.05, 0.1) is 12.6 Å². The molecule has 1 aromatic carbocycles. The number of benzene rings is 1. The zero-order valence-corrected chi connectivity index (χ0v) is 10.8. The van der Waals surface area contributed by atoms with Crippen LogP contribution in [0.3, 0.4) is 0 Å². The fourth-order valence-corrected chi connectivity index (χ4v) is 2.12. The molecule has 0 saturated heterocycles. The van der Waals surface area contributed by atoms with Crippen LogP contribution in [0.1, 0.15) is 11.6 Å². The molecule has 0 fully saturated rings. The molecule has 1 aromatic rings. The number of rotatable bonds is 5. The lowest BCUT2D eigenvalue weighted by Gasteiger charge is -2.15. The molecule has 1 unspecified atom stereocenters. The van der Waals surface area contributed by atoms with Gasteiger partial charge in [-0.05, 0) is 17.7 Å². The summed E-state index contributed by atoms with van der Waals surface area (Å²) in [5.74, 6) is 0. The van der Waals surface area contributed by atoms with Crippen LogP contribution in [0, 0.1) is 0 Å². The number of nitrogens with one attached hydrogen (secondary N) is 1. The molecular weight excluding hydrogens is 294 g/mol. The normalized spacial score (nSPS) is 13.4. The third-order valence-corrected chi connectivity index (χ3v) is 3.56. The summed E-state index contributed by atoms with van der Waals surface area (Å²) in [7, 11) is -3.55. The van der Waals surface area contributed by atoms with E-state index in [-0.39, 0.29) is 6.61 Å². The van der Waals surface area contributed by atoms with Crippen molar-refractivity contribution in [3.05, 3.63) is 46.3 Å². The topological polar surface area (TPSA) is 66.4 Å². The fourth-order valence-electron chi connectivity index (χ4n) is 1.15. The summed E-state index contributed by atoms with van der Waals surface area (Å²) in [6, 6.07) is 6.37. The second-order valence-electron chi connectivity index (χ2n) is 3.12. The number of hydrogen-bond donors (Lipinski definition) is 2. The highest BCUT2D eigenvalue weighted by atomic mass is 79.9. The second kappa shape index (κ2) is 5.58. The van der Waals surface area contributed by atoms with Crippen LogP contribution in [0.2, 0.25) is 0 Å². The lowest BCUT2D eigenvalue weighted by atomic mass is 10.1. The molecular formula is C10H12BrNO3S. The standard InChI is InChI=1S/C10H12BrNO3S/c1-2-16(14,15)12-10(7-13)8-3-5-9(11)6-4-8/h2-6,10,12-13H,1,7H2. The molecule has 16 heavy (non-hydrogen) atoms. The molecule has 0 heterocycles. The van der Waals surface area contributed by atoms with Crippen molar-refractivity contribution in [3.63, 3.8) is 0 Å². The zero-order chi connectivity index (χ0) is 12.2. The van der Waals surface area contributed by atoms with Crippen molar-refractivity contribution in [3.8, 4) is 0 Å². The molecule has 0 radical (unpaired) electrons. The molecule has 0 aliphatic carbocycles. The van der Waals surface area contributed by atoms with Gasteiger partial charge in [-0.15, -0.1) is 0 Å². The Labute approximate surface area is 103 Å². The highest BCUT2D eigenvalue weighted by molar-refractivity contribution is 9.10. The molecule has 1 rings (SSSR count). The summed E-state index contributed by atoms with van der Waals surface area (Å²) in [6.45, 7) is 2.88. The number of halogens is 1. The molecule has 0 aliphatic heterocycles. The summed E-state index contributed by atoms with van der Waals surface area (Å²) in [5, 5.41) is 9.95.